The summed E-state index contributed by atoms with van der Waals surface area (Å²) in [6, 6.07) is 16.1. The molecule has 0 radical (unpaired) electrons. The van der Waals surface area contributed by atoms with Crippen molar-refractivity contribution in [3.63, 3.8) is 0 Å². The molecule has 148 valence electrons. The number of carbonyl (C=O) groups is 2. The average Bonchev–Trinajstić information content (AvgIpc) is 3.08. The van der Waals surface area contributed by atoms with E-state index in [4.69, 9.17) is 9.47 Å². The van der Waals surface area contributed by atoms with Gasteiger partial charge < -0.3 is 14.4 Å². The zero-order valence-electron chi connectivity index (χ0n) is 16.2. The van der Waals surface area contributed by atoms with Crippen molar-refractivity contribution in [1.82, 2.24) is 0 Å². The second kappa shape index (κ2) is 9.30. The van der Waals surface area contributed by atoms with Gasteiger partial charge in [0, 0.05) is 11.9 Å². The smallest absolute Gasteiger partial charge is 0.338 e. The average molecular weight is 408 g/mol. The molecule has 29 heavy (non-hydrogen) atoms. The van der Waals surface area contributed by atoms with Crippen LogP contribution >= 0.6 is 11.8 Å². The maximum atomic E-state index is 12.5. The summed E-state index contributed by atoms with van der Waals surface area (Å²) >= 11 is 1.35. The van der Waals surface area contributed by atoms with Gasteiger partial charge in [-0.3, -0.25) is 4.79 Å². The monoisotopic (exact) mass is 408 g/mol. The van der Waals surface area contributed by atoms with Gasteiger partial charge in [-0.05, 0) is 42.8 Å². The van der Waals surface area contributed by atoms with Gasteiger partial charge in [-0.15, -0.1) is 0 Å². The van der Waals surface area contributed by atoms with Crippen molar-refractivity contribution in [2.75, 3.05) is 25.2 Å². The lowest BCUT2D eigenvalue weighted by atomic mass is 10.2. The first-order valence-corrected chi connectivity index (χ1v) is 9.95. The normalized spacial score (nSPS) is 14.0. The number of hydrogen-bond acceptors (Lipinski definition) is 7. The van der Waals surface area contributed by atoms with Crippen LogP contribution in [0.25, 0.3) is 0 Å². The van der Waals surface area contributed by atoms with Crippen LogP contribution in [-0.4, -0.2) is 32.0 Å². The summed E-state index contributed by atoms with van der Waals surface area (Å²) in [7, 11) is 1.80. The summed E-state index contributed by atoms with van der Waals surface area (Å²) in [4.78, 5) is 27.5. The molecule has 1 aliphatic heterocycles. The minimum absolute atomic E-state index is 0.0233. The lowest BCUT2D eigenvalue weighted by Gasteiger charge is -2.14. The highest BCUT2D eigenvalue weighted by Crippen LogP contribution is 2.46. The van der Waals surface area contributed by atoms with Crippen LogP contribution in [0.1, 0.15) is 23.7 Å². The predicted octanol–water partition coefficient (Wildman–Crippen LogP) is 4.18. The molecule has 0 aliphatic carbocycles. The fourth-order valence-corrected chi connectivity index (χ4v) is 3.91. The number of benzene rings is 2. The zero-order valence-corrected chi connectivity index (χ0v) is 17.0. The molecular formula is C22H20N2O4S. The van der Waals surface area contributed by atoms with Gasteiger partial charge in [-0.1, -0.05) is 30.8 Å². The predicted molar refractivity (Wildman–Crippen MR) is 111 cm³/mol. The van der Waals surface area contributed by atoms with Crippen molar-refractivity contribution >= 4 is 29.2 Å². The summed E-state index contributed by atoms with van der Waals surface area (Å²) in [6.07, 6.45) is 0.890. The van der Waals surface area contributed by atoms with E-state index in [1.165, 1.54) is 11.8 Å². The summed E-state index contributed by atoms with van der Waals surface area (Å²) < 4.78 is 10.6. The number of ketones is 1. The third-order valence-electron chi connectivity index (χ3n) is 4.24. The molecule has 2 aromatic carbocycles. The van der Waals surface area contributed by atoms with E-state index in [2.05, 4.69) is 0 Å². The summed E-state index contributed by atoms with van der Waals surface area (Å²) in [5.74, 6) is -0.499. The van der Waals surface area contributed by atoms with E-state index in [0.717, 1.165) is 17.0 Å². The van der Waals surface area contributed by atoms with Crippen LogP contribution in [0.5, 0.6) is 5.75 Å². The van der Waals surface area contributed by atoms with Gasteiger partial charge >= 0.3 is 5.97 Å². The number of nitrogens with zero attached hydrogens (tertiary/aromatic N) is 2. The van der Waals surface area contributed by atoms with Gasteiger partial charge in [0.15, 0.2) is 6.61 Å². The third-order valence-corrected chi connectivity index (χ3v) is 5.48. The first-order valence-electron chi connectivity index (χ1n) is 9.13. The number of fused-ring (bicyclic) bond motifs is 1. The van der Waals surface area contributed by atoms with Crippen molar-refractivity contribution in [3.05, 3.63) is 64.7 Å². The van der Waals surface area contributed by atoms with Crippen LogP contribution in [0.15, 0.2) is 64.0 Å². The van der Waals surface area contributed by atoms with E-state index >= 15 is 0 Å². The molecule has 3 rings (SSSR count). The van der Waals surface area contributed by atoms with Crippen molar-refractivity contribution in [3.8, 4) is 11.8 Å². The molecule has 0 spiro atoms. The molecule has 0 amide bonds. The SMILES string of the molecule is CCCOc1ccc(C(=O)OCC(=O)/C(C#N)=C2\Sc3ccccc3N2C)cc1. The number of esters is 1. The number of carbonyl (C=O) groups excluding carboxylic acids is 2. The van der Waals surface area contributed by atoms with Crippen LogP contribution in [0, 0.1) is 11.3 Å². The Morgan fingerprint density at radius 1 is 1.14 bits per heavy atom. The molecule has 0 unspecified atom stereocenters. The first kappa shape index (κ1) is 20.5. The van der Waals surface area contributed by atoms with E-state index in [0.29, 0.717) is 22.9 Å². The van der Waals surface area contributed by atoms with E-state index in [-0.39, 0.29) is 5.57 Å². The number of nitriles is 1. The molecule has 0 atom stereocenters. The van der Waals surface area contributed by atoms with Crippen LogP contribution < -0.4 is 9.64 Å². The highest BCUT2D eigenvalue weighted by molar-refractivity contribution is 8.03. The number of anilines is 1. The molecule has 0 bridgehead atoms. The number of rotatable bonds is 7. The lowest BCUT2D eigenvalue weighted by molar-refractivity contribution is -0.118. The maximum Gasteiger partial charge on any atom is 0.338 e. The van der Waals surface area contributed by atoms with Crippen molar-refractivity contribution in [2.45, 2.75) is 18.2 Å². The first-order chi connectivity index (χ1) is 14.0. The number of hydrogen-bond donors (Lipinski definition) is 0. The van der Waals surface area contributed by atoms with Crippen LogP contribution in [0.4, 0.5) is 5.69 Å². The van der Waals surface area contributed by atoms with E-state index < -0.39 is 18.4 Å². The van der Waals surface area contributed by atoms with Crippen molar-refractivity contribution in [1.29, 1.82) is 5.26 Å². The Labute approximate surface area is 173 Å². The third kappa shape index (κ3) is 4.61. The van der Waals surface area contributed by atoms with Gasteiger partial charge in [0.25, 0.3) is 0 Å². The Balaban J connectivity index is 1.65. The number of ether oxygens (including phenoxy) is 2. The molecule has 1 heterocycles. The summed E-state index contributed by atoms with van der Waals surface area (Å²) in [5.41, 5.74) is 1.22. The van der Waals surface area contributed by atoms with E-state index in [9.17, 15) is 14.9 Å². The molecule has 2 aromatic rings. The summed E-state index contributed by atoms with van der Waals surface area (Å²) in [5, 5.41) is 10.0. The molecule has 0 saturated heterocycles. The van der Waals surface area contributed by atoms with Crippen molar-refractivity contribution < 1.29 is 19.1 Å². The van der Waals surface area contributed by atoms with Gasteiger partial charge in [-0.2, -0.15) is 5.26 Å². The standard InChI is InChI=1S/C22H20N2O4S/c1-3-12-27-16-10-8-15(9-11-16)22(26)28-14-19(25)17(13-23)21-24(2)18-6-4-5-7-20(18)29-21/h4-11H,3,12,14H2,1-2H3/b21-17-. The zero-order chi connectivity index (χ0) is 20.8. The molecule has 0 saturated carbocycles. The largest absolute Gasteiger partial charge is 0.494 e. The molecular weight excluding hydrogens is 388 g/mol. The fraction of sp³-hybridized carbons (Fsp3) is 0.227. The Morgan fingerprint density at radius 2 is 1.86 bits per heavy atom. The fourth-order valence-electron chi connectivity index (χ4n) is 2.74. The van der Waals surface area contributed by atoms with Crippen molar-refractivity contribution in [2.24, 2.45) is 0 Å². The number of para-hydroxylation sites is 1. The van der Waals surface area contributed by atoms with Gasteiger partial charge in [0.1, 0.15) is 22.4 Å². The second-order valence-electron chi connectivity index (χ2n) is 6.29. The highest BCUT2D eigenvalue weighted by atomic mass is 32.2. The highest BCUT2D eigenvalue weighted by Gasteiger charge is 2.28. The minimum Gasteiger partial charge on any atom is -0.494 e. The Bertz CT molecular complexity index is 993. The maximum absolute atomic E-state index is 12.5. The number of thioether (sulfide) groups is 1. The molecule has 0 fully saturated rings. The topological polar surface area (TPSA) is 79.6 Å². The second-order valence-corrected chi connectivity index (χ2v) is 7.32. The van der Waals surface area contributed by atoms with Crippen LogP contribution in [0.2, 0.25) is 0 Å². The quantitative estimate of drug-likeness (QED) is 0.386. The van der Waals surface area contributed by atoms with Crippen LogP contribution in [0.3, 0.4) is 0 Å². The molecule has 0 N–H and O–H groups in total. The lowest BCUT2D eigenvalue weighted by Crippen LogP contribution is -2.20. The Kier molecular flexibility index (Phi) is 6.57. The number of Topliss-reactive ketones (excluding diaryl/α,β-unsaturated/α-hetero) is 1. The van der Waals surface area contributed by atoms with E-state index in [1.54, 1.807) is 36.2 Å². The Morgan fingerprint density at radius 3 is 2.52 bits per heavy atom. The Hall–Kier alpha value is -3.24. The van der Waals surface area contributed by atoms with E-state index in [1.807, 2.05) is 37.3 Å². The minimum atomic E-state index is -0.626. The van der Waals surface area contributed by atoms with Gasteiger partial charge in [0.05, 0.1) is 17.9 Å². The molecule has 6 nitrogen and oxygen atoms in total. The van der Waals surface area contributed by atoms with Gasteiger partial charge in [0.2, 0.25) is 5.78 Å². The molecule has 7 heteroatoms. The van der Waals surface area contributed by atoms with Crippen LogP contribution in [-0.2, 0) is 9.53 Å². The molecule has 1 aliphatic rings. The van der Waals surface area contributed by atoms with Gasteiger partial charge in [-0.25, -0.2) is 4.79 Å². The molecule has 0 aromatic heterocycles. The summed E-state index contributed by atoms with van der Waals surface area (Å²) in [6.45, 7) is 2.11.